The number of ether oxygens (including phenoxy) is 1. The molecule has 29 heavy (non-hydrogen) atoms. The van der Waals surface area contributed by atoms with E-state index in [9.17, 15) is 5.11 Å². The molecule has 0 amide bonds. The molecule has 164 valence electrons. The standard InChI is InChI=1S/C23H40N4O2/c1-5-12-23(28,13-6-2)18-26-22(24-7-3)25-16-19-11-14-27(17-19)20-9-8-10-21(15-20)29-4/h8-10,15,19,28H,5-7,11-14,16-18H2,1-4H3,(H2,24,25,26). The zero-order chi connectivity index (χ0) is 21.1. The smallest absolute Gasteiger partial charge is 0.191 e. The predicted molar refractivity (Wildman–Crippen MR) is 122 cm³/mol. The van der Waals surface area contributed by atoms with Gasteiger partial charge >= 0.3 is 0 Å². The van der Waals surface area contributed by atoms with Gasteiger partial charge in [0, 0.05) is 37.9 Å². The second kappa shape index (κ2) is 11.9. The van der Waals surface area contributed by atoms with Gasteiger partial charge in [0.15, 0.2) is 5.96 Å². The summed E-state index contributed by atoms with van der Waals surface area (Å²) in [5.74, 6) is 2.27. The van der Waals surface area contributed by atoms with E-state index < -0.39 is 5.60 Å². The maximum absolute atomic E-state index is 10.8. The second-order valence-corrected chi connectivity index (χ2v) is 8.10. The van der Waals surface area contributed by atoms with Crippen LogP contribution in [0, 0.1) is 5.92 Å². The van der Waals surface area contributed by atoms with E-state index >= 15 is 0 Å². The Morgan fingerprint density at radius 3 is 2.66 bits per heavy atom. The van der Waals surface area contributed by atoms with Crippen LogP contribution in [-0.2, 0) is 0 Å². The van der Waals surface area contributed by atoms with Crippen molar-refractivity contribution in [3.8, 4) is 5.75 Å². The van der Waals surface area contributed by atoms with Crippen molar-refractivity contribution in [1.82, 2.24) is 10.6 Å². The number of hydrogen-bond donors (Lipinski definition) is 3. The van der Waals surface area contributed by atoms with Crippen molar-refractivity contribution in [2.45, 2.75) is 58.5 Å². The number of anilines is 1. The second-order valence-electron chi connectivity index (χ2n) is 8.10. The fourth-order valence-corrected chi connectivity index (χ4v) is 4.06. The monoisotopic (exact) mass is 404 g/mol. The molecule has 0 aromatic heterocycles. The molecule has 1 fully saturated rings. The van der Waals surface area contributed by atoms with Gasteiger partial charge in [-0.3, -0.25) is 4.99 Å². The lowest BCUT2D eigenvalue weighted by molar-refractivity contribution is 0.0306. The Bertz CT molecular complexity index is 629. The molecule has 1 heterocycles. The highest BCUT2D eigenvalue weighted by molar-refractivity contribution is 5.79. The van der Waals surface area contributed by atoms with Gasteiger partial charge in [-0.25, -0.2) is 0 Å². The van der Waals surface area contributed by atoms with Crippen molar-refractivity contribution in [1.29, 1.82) is 0 Å². The van der Waals surface area contributed by atoms with Crippen LogP contribution in [0.2, 0.25) is 0 Å². The highest BCUT2D eigenvalue weighted by Crippen LogP contribution is 2.26. The molecular weight excluding hydrogens is 364 g/mol. The molecule has 0 spiro atoms. The van der Waals surface area contributed by atoms with Crippen LogP contribution in [0.3, 0.4) is 0 Å². The van der Waals surface area contributed by atoms with Crippen LogP contribution in [-0.4, -0.2) is 56.5 Å². The molecule has 1 aliphatic heterocycles. The van der Waals surface area contributed by atoms with Crippen molar-refractivity contribution in [3.63, 3.8) is 0 Å². The Morgan fingerprint density at radius 1 is 1.24 bits per heavy atom. The van der Waals surface area contributed by atoms with Crippen LogP contribution >= 0.6 is 0 Å². The summed E-state index contributed by atoms with van der Waals surface area (Å²) in [7, 11) is 1.71. The van der Waals surface area contributed by atoms with Gasteiger partial charge < -0.3 is 25.4 Å². The Labute approximate surface area is 176 Å². The van der Waals surface area contributed by atoms with Crippen molar-refractivity contribution < 1.29 is 9.84 Å². The fourth-order valence-electron chi connectivity index (χ4n) is 4.06. The summed E-state index contributed by atoms with van der Waals surface area (Å²) in [5, 5.41) is 17.6. The van der Waals surface area contributed by atoms with Gasteiger partial charge in [0.05, 0.1) is 19.3 Å². The van der Waals surface area contributed by atoms with Crippen LogP contribution < -0.4 is 20.3 Å². The van der Waals surface area contributed by atoms with Gasteiger partial charge in [0.1, 0.15) is 5.75 Å². The molecule has 1 aromatic carbocycles. The minimum absolute atomic E-state index is 0.449. The van der Waals surface area contributed by atoms with E-state index in [4.69, 9.17) is 9.73 Å². The number of methoxy groups -OCH3 is 1. The number of benzene rings is 1. The summed E-state index contributed by atoms with van der Waals surface area (Å²) >= 11 is 0. The van der Waals surface area contributed by atoms with E-state index in [1.54, 1.807) is 7.11 Å². The number of aliphatic imine (C=N–C) groups is 1. The third-order valence-electron chi connectivity index (χ3n) is 5.57. The highest BCUT2D eigenvalue weighted by atomic mass is 16.5. The van der Waals surface area contributed by atoms with E-state index in [2.05, 4.69) is 48.4 Å². The van der Waals surface area contributed by atoms with Crippen molar-refractivity contribution in [2.75, 3.05) is 44.7 Å². The minimum atomic E-state index is -0.692. The average Bonchev–Trinajstić information content (AvgIpc) is 3.20. The molecule has 2 rings (SSSR count). The van der Waals surface area contributed by atoms with Crippen molar-refractivity contribution >= 4 is 11.6 Å². The molecule has 1 unspecified atom stereocenters. The van der Waals surface area contributed by atoms with Crippen molar-refractivity contribution in [3.05, 3.63) is 24.3 Å². The Hall–Kier alpha value is -1.95. The molecule has 6 heteroatoms. The summed E-state index contributed by atoms with van der Waals surface area (Å²) in [6, 6.07) is 8.27. The summed E-state index contributed by atoms with van der Waals surface area (Å²) in [6.45, 7) is 10.5. The van der Waals surface area contributed by atoms with Gasteiger partial charge in [-0.2, -0.15) is 0 Å². The minimum Gasteiger partial charge on any atom is -0.497 e. The summed E-state index contributed by atoms with van der Waals surface area (Å²) in [4.78, 5) is 7.11. The summed E-state index contributed by atoms with van der Waals surface area (Å²) in [6.07, 6.45) is 4.68. The number of rotatable bonds is 11. The number of guanidine groups is 1. The highest BCUT2D eigenvalue weighted by Gasteiger charge is 2.25. The molecule has 0 bridgehead atoms. The fraction of sp³-hybridized carbons (Fsp3) is 0.696. The maximum Gasteiger partial charge on any atom is 0.191 e. The third-order valence-corrected chi connectivity index (χ3v) is 5.57. The molecular formula is C23H40N4O2. The molecule has 0 aliphatic carbocycles. The third kappa shape index (κ3) is 7.42. The van der Waals surface area contributed by atoms with Crippen LogP contribution in [0.5, 0.6) is 5.75 Å². The topological polar surface area (TPSA) is 69.1 Å². The lowest BCUT2D eigenvalue weighted by atomic mass is 9.93. The van der Waals surface area contributed by atoms with Gasteiger partial charge in [0.2, 0.25) is 0 Å². The molecule has 0 saturated carbocycles. The van der Waals surface area contributed by atoms with Crippen LogP contribution in [0.4, 0.5) is 5.69 Å². The molecule has 1 aliphatic rings. The average molecular weight is 405 g/mol. The number of nitrogens with one attached hydrogen (secondary N) is 2. The molecule has 1 atom stereocenters. The zero-order valence-electron chi connectivity index (χ0n) is 18.7. The van der Waals surface area contributed by atoms with E-state index in [-0.39, 0.29) is 0 Å². The normalized spacial score (nSPS) is 17.5. The SMILES string of the molecule is CCCC(O)(CCC)CN=C(NCC)NCC1CCN(c2cccc(OC)c2)C1. The molecule has 6 nitrogen and oxygen atoms in total. The number of aliphatic hydroxyl groups is 1. The van der Waals surface area contributed by atoms with Gasteiger partial charge in [-0.15, -0.1) is 0 Å². The first-order valence-corrected chi connectivity index (χ1v) is 11.2. The molecule has 1 aromatic rings. The number of nitrogens with zero attached hydrogens (tertiary/aromatic N) is 2. The zero-order valence-corrected chi connectivity index (χ0v) is 18.7. The van der Waals surface area contributed by atoms with Gasteiger partial charge in [0.25, 0.3) is 0 Å². The van der Waals surface area contributed by atoms with E-state index in [1.165, 1.54) is 5.69 Å². The predicted octanol–water partition coefficient (Wildman–Crippen LogP) is 3.41. The van der Waals surface area contributed by atoms with Gasteiger partial charge in [-0.05, 0) is 44.2 Å². The Kier molecular flexibility index (Phi) is 9.58. The van der Waals surface area contributed by atoms with E-state index in [0.717, 1.165) is 70.0 Å². The van der Waals surface area contributed by atoms with Crippen LogP contribution in [0.15, 0.2) is 29.3 Å². The van der Waals surface area contributed by atoms with Crippen molar-refractivity contribution in [2.24, 2.45) is 10.9 Å². The Morgan fingerprint density at radius 2 is 2.00 bits per heavy atom. The molecule has 1 saturated heterocycles. The lowest BCUT2D eigenvalue weighted by Gasteiger charge is -2.26. The first-order chi connectivity index (χ1) is 14.0. The molecule has 3 N–H and O–H groups in total. The van der Waals surface area contributed by atoms with E-state index in [0.29, 0.717) is 12.5 Å². The number of hydrogen-bond acceptors (Lipinski definition) is 4. The first-order valence-electron chi connectivity index (χ1n) is 11.2. The first kappa shape index (κ1) is 23.3. The van der Waals surface area contributed by atoms with Crippen LogP contribution in [0.25, 0.3) is 0 Å². The van der Waals surface area contributed by atoms with Crippen LogP contribution in [0.1, 0.15) is 52.9 Å². The lowest BCUT2D eigenvalue weighted by Crippen LogP contribution is -2.42. The quantitative estimate of drug-likeness (QED) is 0.390. The summed E-state index contributed by atoms with van der Waals surface area (Å²) in [5.41, 5.74) is 0.527. The maximum atomic E-state index is 10.8. The van der Waals surface area contributed by atoms with Gasteiger partial charge in [-0.1, -0.05) is 32.8 Å². The largest absolute Gasteiger partial charge is 0.497 e. The summed E-state index contributed by atoms with van der Waals surface area (Å²) < 4.78 is 5.35. The Balaban J connectivity index is 1.89. The molecule has 0 radical (unpaired) electrons. The van der Waals surface area contributed by atoms with E-state index in [1.807, 2.05) is 12.1 Å².